The van der Waals surface area contributed by atoms with E-state index < -0.39 is 5.97 Å². The molecule has 1 heterocycles. The Labute approximate surface area is 134 Å². The summed E-state index contributed by atoms with van der Waals surface area (Å²) in [5.74, 6) is -0.935. The number of hydrogen-bond donors (Lipinski definition) is 1. The van der Waals surface area contributed by atoms with Crippen LogP contribution in [0.1, 0.15) is 32.1 Å². The van der Waals surface area contributed by atoms with Gasteiger partial charge in [0.1, 0.15) is 5.75 Å². The third-order valence-corrected chi connectivity index (χ3v) is 3.60. The molecule has 0 aliphatic carbocycles. The maximum Gasteiger partial charge on any atom is 0.338 e. The Balaban J connectivity index is 2.07. The number of Topliss-reactive ketones (excluding diaryl/α,β-unsaturated/α-hetero) is 1. The number of aromatic nitrogens is 1. The Kier molecular flexibility index (Phi) is 5.01. The molecule has 0 saturated carbocycles. The first kappa shape index (κ1) is 16.5. The number of benzene rings is 1. The Bertz CT molecular complexity index is 758. The topological polar surface area (TPSA) is 68.5 Å². The fraction of sp³-hybridized carbons (Fsp3) is 0.222. The summed E-state index contributed by atoms with van der Waals surface area (Å²) < 4.78 is 7.00. The summed E-state index contributed by atoms with van der Waals surface area (Å²) in [6, 6.07) is 7.58. The average Bonchev–Trinajstić information content (AvgIpc) is 2.81. The molecule has 1 aromatic carbocycles. The van der Waals surface area contributed by atoms with Crippen LogP contribution in [0.4, 0.5) is 0 Å². The van der Waals surface area contributed by atoms with Gasteiger partial charge in [-0.2, -0.15) is 0 Å². The lowest BCUT2D eigenvalue weighted by atomic mass is 10.1. The van der Waals surface area contributed by atoms with Crippen molar-refractivity contribution in [1.82, 2.24) is 4.57 Å². The smallest absolute Gasteiger partial charge is 0.338 e. The molecule has 0 aliphatic rings. The summed E-state index contributed by atoms with van der Waals surface area (Å²) in [7, 11) is 0. The Morgan fingerprint density at radius 3 is 2.70 bits per heavy atom. The minimum absolute atomic E-state index is 0.0289. The van der Waals surface area contributed by atoms with Crippen LogP contribution in [0, 0.1) is 13.8 Å². The zero-order valence-corrected chi connectivity index (χ0v) is 13.2. The maximum absolute atomic E-state index is 12.3. The number of ketones is 1. The van der Waals surface area contributed by atoms with Gasteiger partial charge in [0.2, 0.25) is 5.78 Å². The van der Waals surface area contributed by atoms with E-state index >= 15 is 0 Å². The molecule has 1 aromatic heterocycles. The van der Waals surface area contributed by atoms with Gasteiger partial charge in [0.15, 0.2) is 6.61 Å². The van der Waals surface area contributed by atoms with Crippen molar-refractivity contribution in [2.45, 2.75) is 20.4 Å². The molecule has 5 heteroatoms. The second-order valence-corrected chi connectivity index (χ2v) is 5.23. The molecular formula is C18H19NO4. The van der Waals surface area contributed by atoms with Crippen molar-refractivity contribution in [3.05, 3.63) is 65.5 Å². The molecule has 0 unspecified atom stereocenters. The molecule has 0 radical (unpaired) electrons. The molecule has 0 saturated heterocycles. The zero-order chi connectivity index (χ0) is 17.0. The van der Waals surface area contributed by atoms with Crippen molar-refractivity contribution in [2.75, 3.05) is 6.61 Å². The van der Waals surface area contributed by atoms with Crippen LogP contribution in [0.25, 0.3) is 0 Å². The highest BCUT2D eigenvalue weighted by atomic mass is 16.5. The van der Waals surface area contributed by atoms with Crippen molar-refractivity contribution in [1.29, 1.82) is 0 Å². The summed E-state index contributed by atoms with van der Waals surface area (Å²) in [5.41, 5.74) is 2.51. The first-order valence-electron chi connectivity index (χ1n) is 7.21. The van der Waals surface area contributed by atoms with Gasteiger partial charge >= 0.3 is 5.97 Å². The summed E-state index contributed by atoms with van der Waals surface area (Å²) in [6.45, 7) is 7.73. The summed E-state index contributed by atoms with van der Waals surface area (Å²) in [4.78, 5) is 24.2. The number of aryl methyl sites for hydroxylation is 1. The number of carbonyl (C=O) groups is 2. The Hall–Kier alpha value is -2.82. The first-order valence-corrected chi connectivity index (χ1v) is 7.21. The van der Waals surface area contributed by atoms with Crippen LogP contribution in [0.5, 0.6) is 5.75 Å². The number of phenolic OH excluding ortho intramolecular Hbond substituents is 1. The van der Waals surface area contributed by atoms with Crippen LogP contribution in [0.2, 0.25) is 0 Å². The molecular weight excluding hydrogens is 294 g/mol. The molecule has 5 nitrogen and oxygen atoms in total. The summed E-state index contributed by atoms with van der Waals surface area (Å²) >= 11 is 0. The molecule has 0 bridgehead atoms. The number of hydrogen-bond acceptors (Lipinski definition) is 4. The van der Waals surface area contributed by atoms with E-state index in [4.69, 9.17) is 4.74 Å². The van der Waals surface area contributed by atoms with E-state index in [0.29, 0.717) is 12.1 Å². The summed E-state index contributed by atoms with van der Waals surface area (Å²) in [6.07, 6.45) is 1.76. The number of carbonyl (C=O) groups excluding carboxylic acids is 2. The van der Waals surface area contributed by atoms with Crippen LogP contribution in [0.15, 0.2) is 43.0 Å². The van der Waals surface area contributed by atoms with Crippen molar-refractivity contribution < 1.29 is 19.4 Å². The molecule has 0 amide bonds. The standard InChI is InChI=1S/C18H19NO4/c1-4-8-19-12(2)9-16(13(19)3)17(21)11-23-18(22)14-6-5-7-15(20)10-14/h4-7,9-10,20H,1,8,11H2,2-3H3. The predicted octanol–water partition coefficient (Wildman–Crippen LogP) is 3.04. The lowest BCUT2D eigenvalue weighted by Gasteiger charge is -2.07. The van der Waals surface area contributed by atoms with Gasteiger partial charge in [0, 0.05) is 23.5 Å². The Morgan fingerprint density at radius 1 is 1.30 bits per heavy atom. The molecule has 2 rings (SSSR count). The van der Waals surface area contributed by atoms with Crippen LogP contribution in [-0.4, -0.2) is 28.0 Å². The molecule has 120 valence electrons. The number of esters is 1. The minimum atomic E-state index is -0.644. The highest BCUT2D eigenvalue weighted by Crippen LogP contribution is 2.17. The van der Waals surface area contributed by atoms with Gasteiger partial charge in [-0.3, -0.25) is 4.79 Å². The first-order chi connectivity index (χ1) is 10.9. The van der Waals surface area contributed by atoms with Crippen LogP contribution >= 0.6 is 0 Å². The van der Waals surface area contributed by atoms with Gasteiger partial charge in [0.05, 0.1) is 5.56 Å². The van der Waals surface area contributed by atoms with Gasteiger partial charge in [-0.1, -0.05) is 12.1 Å². The molecule has 0 fully saturated rings. The van der Waals surface area contributed by atoms with Crippen LogP contribution < -0.4 is 0 Å². The molecule has 0 atom stereocenters. The average molecular weight is 313 g/mol. The summed E-state index contributed by atoms with van der Waals surface area (Å²) in [5, 5.41) is 9.35. The van der Waals surface area contributed by atoms with E-state index in [9.17, 15) is 14.7 Å². The fourth-order valence-corrected chi connectivity index (χ4v) is 2.42. The van der Waals surface area contributed by atoms with Crippen molar-refractivity contribution >= 4 is 11.8 Å². The molecule has 2 aromatic rings. The highest BCUT2D eigenvalue weighted by molar-refractivity contribution is 6.00. The van der Waals surface area contributed by atoms with E-state index in [0.717, 1.165) is 11.4 Å². The van der Waals surface area contributed by atoms with Crippen molar-refractivity contribution in [2.24, 2.45) is 0 Å². The van der Waals surface area contributed by atoms with Gasteiger partial charge in [0.25, 0.3) is 0 Å². The van der Waals surface area contributed by atoms with E-state index in [1.807, 2.05) is 18.4 Å². The monoisotopic (exact) mass is 313 g/mol. The molecule has 0 spiro atoms. The third-order valence-electron chi connectivity index (χ3n) is 3.60. The highest BCUT2D eigenvalue weighted by Gasteiger charge is 2.17. The van der Waals surface area contributed by atoms with Gasteiger partial charge in [-0.05, 0) is 38.1 Å². The van der Waals surface area contributed by atoms with E-state index in [-0.39, 0.29) is 23.7 Å². The van der Waals surface area contributed by atoms with E-state index in [1.54, 1.807) is 12.1 Å². The van der Waals surface area contributed by atoms with Gasteiger partial charge in [-0.25, -0.2) is 4.79 Å². The predicted molar refractivity (Wildman–Crippen MR) is 86.8 cm³/mol. The van der Waals surface area contributed by atoms with E-state index in [1.165, 1.54) is 24.3 Å². The Morgan fingerprint density at radius 2 is 2.04 bits per heavy atom. The number of nitrogens with zero attached hydrogens (tertiary/aromatic N) is 1. The second kappa shape index (κ2) is 6.96. The zero-order valence-electron chi connectivity index (χ0n) is 13.2. The number of ether oxygens (including phenoxy) is 1. The molecule has 0 aliphatic heterocycles. The van der Waals surface area contributed by atoms with Crippen molar-refractivity contribution in [3.8, 4) is 5.75 Å². The van der Waals surface area contributed by atoms with Gasteiger partial charge < -0.3 is 14.4 Å². The number of aromatic hydroxyl groups is 1. The van der Waals surface area contributed by atoms with Gasteiger partial charge in [-0.15, -0.1) is 6.58 Å². The lowest BCUT2D eigenvalue weighted by molar-refractivity contribution is 0.0474. The number of rotatable bonds is 6. The number of allylic oxidation sites excluding steroid dienone is 1. The largest absolute Gasteiger partial charge is 0.508 e. The minimum Gasteiger partial charge on any atom is -0.508 e. The van der Waals surface area contributed by atoms with Crippen molar-refractivity contribution in [3.63, 3.8) is 0 Å². The van der Waals surface area contributed by atoms with Crippen LogP contribution in [-0.2, 0) is 11.3 Å². The van der Waals surface area contributed by atoms with E-state index in [2.05, 4.69) is 6.58 Å². The molecule has 1 N–H and O–H groups in total. The second-order valence-electron chi connectivity index (χ2n) is 5.23. The quantitative estimate of drug-likeness (QED) is 0.505. The molecule has 23 heavy (non-hydrogen) atoms. The lowest BCUT2D eigenvalue weighted by Crippen LogP contribution is -2.15. The fourth-order valence-electron chi connectivity index (χ4n) is 2.42. The van der Waals surface area contributed by atoms with Crippen LogP contribution in [0.3, 0.4) is 0 Å². The maximum atomic E-state index is 12.3. The number of phenols is 1. The normalized spacial score (nSPS) is 10.3. The third kappa shape index (κ3) is 3.69. The SMILES string of the molecule is C=CCn1c(C)cc(C(=O)COC(=O)c2cccc(O)c2)c1C.